The SMILES string of the molecule is CC(C)(CO)OC(=O)N[C@@H](Cc1ccccc1)[C@H](O)CNC[C@@H](O)[C@H](Cc1ccccc1)NC(=O)[C@](C)(O)C(C)(C)C. The van der Waals surface area contributed by atoms with Gasteiger partial charge in [-0.15, -0.1) is 0 Å². The summed E-state index contributed by atoms with van der Waals surface area (Å²) >= 11 is 0. The first kappa shape index (κ1) is 35.2. The third-order valence-corrected chi connectivity index (χ3v) is 7.50. The van der Waals surface area contributed by atoms with Crippen molar-refractivity contribution in [3.05, 3.63) is 71.8 Å². The number of carbonyl (C=O) groups is 2. The number of rotatable bonds is 15. The molecule has 0 fully saturated rings. The van der Waals surface area contributed by atoms with Gasteiger partial charge in [0.25, 0.3) is 5.91 Å². The van der Waals surface area contributed by atoms with E-state index in [1.807, 2.05) is 60.7 Å². The normalized spacial score (nSPS) is 16.4. The fraction of sp³-hybridized carbons (Fsp3) is 0.562. The summed E-state index contributed by atoms with van der Waals surface area (Å²) in [5, 5.41) is 51.1. The lowest BCUT2D eigenvalue weighted by Crippen LogP contribution is -2.59. The van der Waals surface area contributed by atoms with Crippen LogP contribution in [0.4, 0.5) is 4.79 Å². The van der Waals surface area contributed by atoms with E-state index >= 15 is 0 Å². The molecular weight excluding hydrogens is 538 g/mol. The molecule has 0 unspecified atom stereocenters. The fourth-order valence-corrected chi connectivity index (χ4v) is 4.08. The van der Waals surface area contributed by atoms with Gasteiger partial charge in [0, 0.05) is 13.1 Å². The topological polar surface area (TPSA) is 160 Å². The largest absolute Gasteiger partial charge is 0.441 e. The van der Waals surface area contributed by atoms with Crippen molar-refractivity contribution in [3.63, 3.8) is 0 Å². The second kappa shape index (κ2) is 15.5. The third-order valence-electron chi connectivity index (χ3n) is 7.50. The van der Waals surface area contributed by atoms with E-state index in [9.17, 15) is 30.0 Å². The van der Waals surface area contributed by atoms with Gasteiger partial charge in [-0.1, -0.05) is 81.4 Å². The lowest BCUT2D eigenvalue weighted by molar-refractivity contribution is -0.150. The van der Waals surface area contributed by atoms with Gasteiger partial charge in [-0.05, 0) is 50.2 Å². The lowest BCUT2D eigenvalue weighted by atomic mass is 9.77. The Balaban J connectivity index is 2.10. The van der Waals surface area contributed by atoms with Gasteiger partial charge in [0.05, 0.1) is 30.9 Å². The Morgan fingerprint density at radius 3 is 1.60 bits per heavy atom. The Morgan fingerprint density at radius 1 is 0.762 bits per heavy atom. The molecule has 2 aromatic rings. The Labute approximate surface area is 249 Å². The van der Waals surface area contributed by atoms with Crippen LogP contribution < -0.4 is 16.0 Å². The van der Waals surface area contributed by atoms with Crippen LogP contribution in [-0.4, -0.2) is 87.6 Å². The van der Waals surface area contributed by atoms with E-state index < -0.39 is 52.9 Å². The molecule has 234 valence electrons. The van der Waals surface area contributed by atoms with Crippen molar-refractivity contribution in [2.24, 2.45) is 5.41 Å². The lowest BCUT2D eigenvalue weighted by Gasteiger charge is -2.37. The van der Waals surface area contributed by atoms with Crippen molar-refractivity contribution in [1.82, 2.24) is 16.0 Å². The predicted octanol–water partition coefficient (Wildman–Crippen LogP) is 1.93. The van der Waals surface area contributed by atoms with Crippen LogP contribution in [-0.2, 0) is 22.4 Å². The van der Waals surface area contributed by atoms with Gasteiger partial charge in [0.1, 0.15) is 11.2 Å². The Bertz CT molecular complexity index is 1100. The van der Waals surface area contributed by atoms with Crippen LogP contribution in [0.3, 0.4) is 0 Å². The highest BCUT2D eigenvalue weighted by atomic mass is 16.6. The van der Waals surface area contributed by atoms with Crippen molar-refractivity contribution >= 4 is 12.0 Å². The van der Waals surface area contributed by atoms with Crippen LogP contribution >= 0.6 is 0 Å². The van der Waals surface area contributed by atoms with E-state index in [0.717, 1.165) is 11.1 Å². The average molecular weight is 588 g/mol. The summed E-state index contributed by atoms with van der Waals surface area (Å²) < 4.78 is 5.29. The molecule has 7 N–H and O–H groups in total. The molecule has 2 amide bonds. The number of ether oxygens (including phenoxy) is 1. The third kappa shape index (κ3) is 11.0. The van der Waals surface area contributed by atoms with Crippen molar-refractivity contribution in [2.75, 3.05) is 19.7 Å². The zero-order chi connectivity index (χ0) is 31.6. The van der Waals surface area contributed by atoms with E-state index in [-0.39, 0.29) is 19.7 Å². The molecule has 42 heavy (non-hydrogen) atoms. The maximum absolute atomic E-state index is 13.1. The molecule has 2 rings (SSSR count). The zero-order valence-corrected chi connectivity index (χ0v) is 25.6. The minimum atomic E-state index is -1.68. The first-order valence-corrected chi connectivity index (χ1v) is 14.3. The molecule has 0 aliphatic carbocycles. The van der Waals surface area contributed by atoms with Gasteiger partial charge < -0.3 is 41.1 Å². The first-order chi connectivity index (χ1) is 19.6. The molecule has 2 aromatic carbocycles. The summed E-state index contributed by atoms with van der Waals surface area (Å²) in [4.78, 5) is 25.6. The second-order valence-corrected chi connectivity index (χ2v) is 12.6. The summed E-state index contributed by atoms with van der Waals surface area (Å²) in [6, 6.07) is 17.3. The smallest absolute Gasteiger partial charge is 0.408 e. The van der Waals surface area contributed by atoms with Crippen molar-refractivity contribution in [1.29, 1.82) is 0 Å². The molecule has 0 spiro atoms. The maximum atomic E-state index is 13.1. The molecule has 0 heterocycles. The van der Waals surface area contributed by atoms with E-state index in [4.69, 9.17) is 4.74 Å². The standard InChI is InChI=1S/C32H49N3O7/c1-30(2,3)32(6,41)28(39)34-24(17-22-13-9-7-10-14-22)26(37)19-33-20-27(38)25(18-23-15-11-8-12-16-23)35-29(40)42-31(4,5)21-36/h7-16,24-27,33,36-38,41H,17-21H2,1-6H3,(H,34,39)(H,35,40)/t24-,25-,26+,27+,32-/m0/s1. The van der Waals surface area contributed by atoms with Gasteiger partial charge in [0.15, 0.2) is 0 Å². The van der Waals surface area contributed by atoms with Gasteiger partial charge in [-0.25, -0.2) is 4.79 Å². The molecule has 0 radical (unpaired) electrons. The van der Waals surface area contributed by atoms with Crippen LogP contribution in [0.5, 0.6) is 0 Å². The number of hydrogen-bond donors (Lipinski definition) is 7. The van der Waals surface area contributed by atoms with Crippen LogP contribution in [0.1, 0.15) is 52.7 Å². The van der Waals surface area contributed by atoms with Crippen LogP contribution in [0.15, 0.2) is 60.7 Å². The van der Waals surface area contributed by atoms with Crippen LogP contribution in [0, 0.1) is 5.41 Å². The minimum absolute atomic E-state index is 0.0178. The Kier molecular flexibility index (Phi) is 12.9. The summed E-state index contributed by atoms with van der Waals surface area (Å²) in [7, 11) is 0. The molecule has 0 aromatic heterocycles. The Hall–Kier alpha value is -3.02. The second-order valence-electron chi connectivity index (χ2n) is 12.6. The van der Waals surface area contributed by atoms with Gasteiger partial charge >= 0.3 is 6.09 Å². The van der Waals surface area contributed by atoms with E-state index in [0.29, 0.717) is 12.8 Å². The number of aliphatic hydroxyl groups excluding tert-OH is 3. The monoisotopic (exact) mass is 587 g/mol. The fourth-order valence-electron chi connectivity index (χ4n) is 4.08. The molecule has 0 saturated heterocycles. The van der Waals surface area contributed by atoms with Crippen molar-refractivity contribution < 1.29 is 34.8 Å². The van der Waals surface area contributed by atoms with Gasteiger partial charge in [-0.3, -0.25) is 4.79 Å². The first-order valence-electron chi connectivity index (χ1n) is 14.3. The summed E-state index contributed by atoms with van der Waals surface area (Å²) in [6.45, 7) is 9.56. The van der Waals surface area contributed by atoms with Gasteiger partial charge in [0.2, 0.25) is 0 Å². The molecular formula is C32H49N3O7. The van der Waals surface area contributed by atoms with E-state index in [1.54, 1.807) is 34.6 Å². The Morgan fingerprint density at radius 2 is 1.19 bits per heavy atom. The molecule has 10 heteroatoms. The number of hydrogen-bond acceptors (Lipinski definition) is 8. The quantitative estimate of drug-likeness (QED) is 0.166. The number of carbonyl (C=O) groups excluding carboxylic acids is 2. The highest BCUT2D eigenvalue weighted by Gasteiger charge is 2.43. The zero-order valence-electron chi connectivity index (χ0n) is 25.6. The number of alkyl carbamates (subject to hydrolysis) is 1. The predicted molar refractivity (Wildman–Crippen MR) is 162 cm³/mol. The number of nitrogens with one attached hydrogen (secondary N) is 3. The van der Waals surface area contributed by atoms with Crippen LogP contribution in [0.2, 0.25) is 0 Å². The van der Waals surface area contributed by atoms with E-state index in [1.165, 1.54) is 6.92 Å². The summed E-state index contributed by atoms with van der Waals surface area (Å²) in [5.74, 6) is -0.591. The molecule has 5 atom stereocenters. The summed E-state index contributed by atoms with van der Waals surface area (Å²) in [5.41, 5.74) is -1.73. The van der Waals surface area contributed by atoms with Gasteiger partial charge in [-0.2, -0.15) is 0 Å². The van der Waals surface area contributed by atoms with Crippen molar-refractivity contribution in [2.45, 2.75) is 89.9 Å². The highest BCUT2D eigenvalue weighted by molar-refractivity contribution is 5.85. The molecule has 0 aliphatic heterocycles. The molecule has 0 bridgehead atoms. The number of benzene rings is 2. The number of amides is 2. The van der Waals surface area contributed by atoms with E-state index in [2.05, 4.69) is 16.0 Å². The molecule has 0 aliphatic rings. The minimum Gasteiger partial charge on any atom is -0.441 e. The average Bonchev–Trinajstić information content (AvgIpc) is 2.92. The molecule has 10 nitrogen and oxygen atoms in total. The van der Waals surface area contributed by atoms with Crippen molar-refractivity contribution in [3.8, 4) is 0 Å². The molecule has 0 saturated carbocycles. The summed E-state index contributed by atoms with van der Waals surface area (Å²) in [6.07, 6.45) is -2.26. The number of aliphatic hydroxyl groups is 4. The highest BCUT2D eigenvalue weighted by Crippen LogP contribution is 2.30. The maximum Gasteiger partial charge on any atom is 0.408 e. The van der Waals surface area contributed by atoms with Crippen LogP contribution in [0.25, 0.3) is 0 Å².